The van der Waals surface area contributed by atoms with Crippen LogP contribution in [0.5, 0.6) is 0 Å². The largest absolute Gasteiger partial charge is 0.444 e. The Balaban J connectivity index is 2.12. The van der Waals surface area contributed by atoms with Crippen LogP contribution in [-0.4, -0.2) is 21.7 Å². The molecule has 0 saturated carbocycles. The molecule has 1 unspecified atom stereocenters. The minimum Gasteiger partial charge on any atom is -0.444 e. The summed E-state index contributed by atoms with van der Waals surface area (Å²) in [5.41, 5.74) is 1.91. The molecule has 0 aromatic carbocycles. The van der Waals surface area contributed by atoms with Gasteiger partial charge in [-0.25, -0.2) is 9.78 Å². The number of carbonyl (C=O) groups is 1. The SMILES string of the molecule is CC(C)CC(NC(=O)OC(C)(C)C)c1nc2c([nH]1)CCCC2. The van der Waals surface area contributed by atoms with Crippen LogP contribution in [0.3, 0.4) is 0 Å². The monoisotopic (exact) mass is 307 g/mol. The summed E-state index contributed by atoms with van der Waals surface area (Å²) in [5, 5.41) is 2.98. The van der Waals surface area contributed by atoms with Gasteiger partial charge in [0, 0.05) is 5.69 Å². The second-order valence-corrected chi connectivity index (χ2v) is 7.58. The maximum absolute atomic E-state index is 12.1. The summed E-state index contributed by atoms with van der Waals surface area (Å²) in [7, 11) is 0. The Morgan fingerprint density at radius 1 is 1.32 bits per heavy atom. The molecule has 1 aliphatic rings. The molecule has 0 bridgehead atoms. The first-order chi connectivity index (χ1) is 10.2. The van der Waals surface area contributed by atoms with E-state index in [4.69, 9.17) is 9.72 Å². The Hall–Kier alpha value is -1.52. The van der Waals surface area contributed by atoms with Crippen LogP contribution in [0.25, 0.3) is 0 Å². The Labute approximate surface area is 133 Å². The van der Waals surface area contributed by atoms with Crippen LogP contribution in [0.2, 0.25) is 0 Å². The van der Waals surface area contributed by atoms with E-state index in [2.05, 4.69) is 24.1 Å². The first-order valence-electron chi connectivity index (χ1n) is 8.32. The van der Waals surface area contributed by atoms with Crippen molar-refractivity contribution in [2.24, 2.45) is 5.92 Å². The van der Waals surface area contributed by atoms with Crippen LogP contribution < -0.4 is 5.32 Å². The molecular weight excluding hydrogens is 278 g/mol. The molecule has 1 aromatic heterocycles. The van der Waals surface area contributed by atoms with Crippen LogP contribution in [0.1, 0.15) is 77.1 Å². The summed E-state index contributed by atoms with van der Waals surface area (Å²) >= 11 is 0. The molecular formula is C17H29N3O2. The Kier molecular flexibility index (Phi) is 5.14. The molecule has 0 spiro atoms. The number of aromatic amines is 1. The molecule has 1 atom stereocenters. The minimum absolute atomic E-state index is 0.125. The van der Waals surface area contributed by atoms with Gasteiger partial charge in [-0.2, -0.15) is 0 Å². The molecule has 2 rings (SSSR count). The summed E-state index contributed by atoms with van der Waals surface area (Å²) in [6.45, 7) is 9.90. The van der Waals surface area contributed by atoms with Crippen LogP contribution in [0, 0.1) is 5.92 Å². The van der Waals surface area contributed by atoms with Gasteiger partial charge in [0.15, 0.2) is 0 Å². The van der Waals surface area contributed by atoms with Crippen molar-refractivity contribution in [1.82, 2.24) is 15.3 Å². The van der Waals surface area contributed by atoms with Crippen LogP contribution in [0.4, 0.5) is 4.79 Å². The number of aromatic nitrogens is 2. The zero-order valence-electron chi connectivity index (χ0n) is 14.5. The molecule has 1 heterocycles. The van der Waals surface area contributed by atoms with Crippen molar-refractivity contribution in [2.75, 3.05) is 0 Å². The molecule has 0 radical (unpaired) electrons. The van der Waals surface area contributed by atoms with E-state index in [1.807, 2.05) is 20.8 Å². The number of amides is 1. The zero-order chi connectivity index (χ0) is 16.3. The smallest absolute Gasteiger partial charge is 0.408 e. The topological polar surface area (TPSA) is 67.0 Å². The van der Waals surface area contributed by atoms with E-state index in [9.17, 15) is 4.79 Å². The zero-order valence-corrected chi connectivity index (χ0v) is 14.5. The Bertz CT molecular complexity index is 491. The molecule has 22 heavy (non-hydrogen) atoms. The second kappa shape index (κ2) is 6.71. The predicted molar refractivity (Wildman–Crippen MR) is 86.8 cm³/mol. The number of hydrogen-bond acceptors (Lipinski definition) is 3. The molecule has 1 aliphatic carbocycles. The van der Waals surface area contributed by atoms with Gasteiger partial charge in [0.05, 0.1) is 11.7 Å². The van der Waals surface area contributed by atoms with Crippen LogP contribution >= 0.6 is 0 Å². The molecule has 0 saturated heterocycles. The summed E-state index contributed by atoms with van der Waals surface area (Å²) in [5.74, 6) is 1.33. The van der Waals surface area contributed by atoms with Crippen molar-refractivity contribution in [2.45, 2.75) is 78.4 Å². The van der Waals surface area contributed by atoms with Crippen LogP contribution in [-0.2, 0) is 17.6 Å². The van der Waals surface area contributed by atoms with Gasteiger partial charge in [0.1, 0.15) is 11.4 Å². The third-order valence-corrected chi connectivity index (χ3v) is 3.70. The highest BCUT2D eigenvalue weighted by atomic mass is 16.6. The summed E-state index contributed by atoms with van der Waals surface area (Å²) in [6, 6.07) is -0.125. The summed E-state index contributed by atoms with van der Waals surface area (Å²) in [4.78, 5) is 20.2. The number of nitrogens with zero attached hydrogens (tertiary/aromatic N) is 1. The fourth-order valence-electron chi connectivity index (χ4n) is 2.80. The van der Waals surface area contributed by atoms with E-state index >= 15 is 0 Å². The third-order valence-electron chi connectivity index (χ3n) is 3.70. The Morgan fingerprint density at radius 3 is 2.59 bits per heavy atom. The van der Waals surface area contributed by atoms with E-state index in [-0.39, 0.29) is 12.1 Å². The van der Waals surface area contributed by atoms with Crippen molar-refractivity contribution in [3.05, 3.63) is 17.2 Å². The number of rotatable bonds is 4. The number of imidazole rings is 1. The number of ether oxygens (including phenoxy) is 1. The van der Waals surface area contributed by atoms with E-state index in [1.54, 1.807) is 0 Å². The lowest BCUT2D eigenvalue weighted by Crippen LogP contribution is -2.35. The minimum atomic E-state index is -0.491. The van der Waals surface area contributed by atoms with Gasteiger partial charge in [0.2, 0.25) is 0 Å². The lowest BCUT2D eigenvalue weighted by atomic mass is 10.0. The first kappa shape index (κ1) is 16.8. The third kappa shape index (κ3) is 4.75. The molecule has 0 aliphatic heterocycles. The molecule has 0 fully saturated rings. The number of aryl methyl sites for hydroxylation is 2. The second-order valence-electron chi connectivity index (χ2n) is 7.58. The average Bonchev–Trinajstić information content (AvgIpc) is 2.78. The quantitative estimate of drug-likeness (QED) is 0.886. The van der Waals surface area contributed by atoms with Gasteiger partial charge in [-0.1, -0.05) is 13.8 Å². The number of alkyl carbamates (subject to hydrolysis) is 1. The molecule has 1 aromatic rings. The predicted octanol–water partition coefficient (Wildman–Crippen LogP) is 3.90. The molecule has 2 N–H and O–H groups in total. The Morgan fingerprint density at radius 2 is 2.00 bits per heavy atom. The average molecular weight is 307 g/mol. The number of H-pyrrole nitrogens is 1. The van der Waals surface area contributed by atoms with E-state index < -0.39 is 5.60 Å². The molecule has 5 heteroatoms. The van der Waals surface area contributed by atoms with Crippen molar-refractivity contribution >= 4 is 6.09 Å². The van der Waals surface area contributed by atoms with Gasteiger partial charge in [-0.15, -0.1) is 0 Å². The van der Waals surface area contributed by atoms with E-state index in [1.165, 1.54) is 24.2 Å². The van der Waals surface area contributed by atoms with Gasteiger partial charge in [-0.3, -0.25) is 0 Å². The fourth-order valence-corrected chi connectivity index (χ4v) is 2.80. The molecule has 124 valence electrons. The standard InChI is InChI=1S/C17H29N3O2/c1-11(2)10-14(20-16(21)22-17(3,4)5)15-18-12-8-6-7-9-13(12)19-15/h11,14H,6-10H2,1-5H3,(H,18,19)(H,20,21). The van der Waals surface area contributed by atoms with Gasteiger partial charge >= 0.3 is 6.09 Å². The molecule has 1 amide bonds. The summed E-state index contributed by atoms with van der Waals surface area (Å²) < 4.78 is 5.38. The lowest BCUT2D eigenvalue weighted by Gasteiger charge is -2.23. The highest BCUT2D eigenvalue weighted by Gasteiger charge is 2.25. The van der Waals surface area contributed by atoms with Gasteiger partial charge in [-0.05, 0) is 58.8 Å². The highest BCUT2D eigenvalue weighted by Crippen LogP contribution is 2.25. The summed E-state index contributed by atoms with van der Waals surface area (Å²) in [6.07, 6.45) is 4.96. The number of fused-ring (bicyclic) bond motifs is 1. The number of nitrogens with one attached hydrogen (secondary N) is 2. The number of carbonyl (C=O) groups excluding carboxylic acids is 1. The maximum atomic E-state index is 12.1. The van der Waals surface area contributed by atoms with Gasteiger partial charge in [0.25, 0.3) is 0 Å². The van der Waals surface area contributed by atoms with Crippen molar-refractivity contribution in [3.8, 4) is 0 Å². The van der Waals surface area contributed by atoms with Crippen molar-refractivity contribution < 1.29 is 9.53 Å². The lowest BCUT2D eigenvalue weighted by molar-refractivity contribution is 0.0495. The molecule has 5 nitrogen and oxygen atoms in total. The van der Waals surface area contributed by atoms with Gasteiger partial charge < -0.3 is 15.0 Å². The highest BCUT2D eigenvalue weighted by molar-refractivity contribution is 5.68. The first-order valence-corrected chi connectivity index (χ1v) is 8.32. The van der Waals surface area contributed by atoms with Crippen LogP contribution in [0.15, 0.2) is 0 Å². The fraction of sp³-hybridized carbons (Fsp3) is 0.765. The number of hydrogen-bond donors (Lipinski definition) is 2. The van der Waals surface area contributed by atoms with E-state index in [0.29, 0.717) is 5.92 Å². The van der Waals surface area contributed by atoms with Crippen molar-refractivity contribution in [3.63, 3.8) is 0 Å². The van der Waals surface area contributed by atoms with Crippen molar-refractivity contribution in [1.29, 1.82) is 0 Å². The normalized spacial score (nSPS) is 16.3. The van der Waals surface area contributed by atoms with E-state index in [0.717, 1.165) is 25.1 Å². The maximum Gasteiger partial charge on any atom is 0.408 e.